The van der Waals surface area contributed by atoms with Crippen molar-refractivity contribution < 1.29 is 22.1 Å². The molecule has 0 fully saturated rings. The summed E-state index contributed by atoms with van der Waals surface area (Å²) < 4.78 is 33.3. The molecule has 0 saturated carbocycles. The van der Waals surface area contributed by atoms with Crippen molar-refractivity contribution in [3.63, 3.8) is 0 Å². The van der Waals surface area contributed by atoms with Gasteiger partial charge in [0.05, 0.1) is 12.7 Å². The molecule has 2 aromatic carbocycles. The summed E-state index contributed by atoms with van der Waals surface area (Å²) in [6.07, 6.45) is 1.17. The van der Waals surface area contributed by atoms with Crippen LogP contribution in [-0.2, 0) is 26.2 Å². The van der Waals surface area contributed by atoms with Gasteiger partial charge in [0.25, 0.3) is 0 Å². The smallest absolute Gasteiger partial charge is 0.306 e. The first-order chi connectivity index (χ1) is 13.5. The fourth-order valence-corrected chi connectivity index (χ4v) is 3.33. The molecule has 2 rings (SSSR count). The predicted octanol–water partition coefficient (Wildman–Crippen LogP) is 3.63. The van der Waals surface area contributed by atoms with Gasteiger partial charge >= 0.3 is 16.1 Å². The molecule has 1 N–H and O–H groups in total. The van der Waals surface area contributed by atoms with Gasteiger partial charge in [-0.1, -0.05) is 42.5 Å². The summed E-state index contributed by atoms with van der Waals surface area (Å²) in [6.45, 7) is 6.66. The first-order valence-electron chi connectivity index (χ1n) is 9.48. The second-order valence-electron chi connectivity index (χ2n) is 7.96. The molecule has 158 valence electrons. The highest BCUT2D eigenvalue weighted by Gasteiger charge is 2.22. The number of nitrogens with one attached hydrogen (secondary N) is 1. The maximum absolute atomic E-state index is 12.4. The van der Waals surface area contributed by atoms with Crippen LogP contribution in [0.5, 0.6) is 5.75 Å². The minimum Gasteiger partial charge on any atom is -0.460 e. The van der Waals surface area contributed by atoms with E-state index in [1.165, 1.54) is 0 Å². The van der Waals surface area contributed by atoms with Crippen molar-refractivity contribution in [2.45, 2.75) is 45.3 Å². The van der Waals surface area contributed by atoms with Crippen molar-refractivity contribution in [2.75, 3.05) is 12.8 Å². The third-order valence-electron chi connectivity index (χ3n) is 3.97. The van der Waals surface area contributed by atoms with E-state index in [9.17, 15) is 13.2 Å². The van der Waals surface area contributed by atoms with Gasteiger partial charge in [-0.25, -0.2) is 0 Å². The van der Waals surface area contributed by atoms with Gasteiger partial charge in [-0.2, -0.15) is 8.42 Å². The summed E-state index contributed by atoms with van der Waals surface area (Å²) in [7, 11) is -3.63. The van der Waals surface area contributed by atoms with Gasteiger partial charge in [-0.3, -0.25) is 4.79 Å². The summed E-state index contributed by atoms with van der Waals surface area (Å²) in [6, 6.07) is 16.8. The largest absolute Gasteiger partial charge is 0.460 e. The third kappa shape index (κ3) is 9.11. The van der Waals surface area contributed by atoms with Gasteiger partial charge in [0.1, 0.15) is 11.4 Å². The monoisotopic (exact) mass is 419 g/mol. The van der Waals surface area contributed by atoms with Gasteiger partial charge in [-0.05, 0) is 44.0 Å². The second-order valence-corrected chi connectivity index (χ2v) is 9.54. The highest BCUT2D eigenvalue weighted by Crippen LogP contribution is 2.25. The lowest BCUT2D eigenvalue weighted by Gasteiger charge is -2.23. The van der Waals surface area contributed by atoms with Crippen LogP contribution < -0.4 is 9.50 Å². The highest BCUT2D eigenvalue weighted by atomic mass is 32.2. The molecule has 29 heavy (non-hydrogen) atoms. The molecule has 0 bridgehead atoms. The van der Waals surface area contributed by atoms with Crippen LogP contribution in [-0.4, -0.2) is 32.8 Å². The van der Waals surface area contributed by atoms with Crippen molar-refractivity contribution in [3.8, 4) is 5.75 Å². The van der Waals surface area contributed by atoms with Crippen LogP contribution in [0.15, 0.2) is 54.6 Å². The Labute approximate surface area is 173 Å². The van der Waals surface area contributed by atoms with Crippen molar-refractivity contribution in [1.29, 1.82) is 0 Å². The quantitative estimate of drug-likeness (QED) is 0.494. The van der Waals surface area contributed by atoms with Gasteiger partial charge < -0.3 is 14.2 Å². The van der Waals surface area contributed by atoms with Gasteiger partial charge in [0.2, 0.25) is 0 Å². The summed E-state index contributed by atoms with van der Waals surface area (Å²) >= 11 is 0. The van der Waals surface area contributed by atoms with Crippen molar-refractivity contribution >= 4 is 16.1 Å². The molecule has 0 aromatic heterocycles. The molecule has 2 aromatic rings. The minimum atomic E-state index is -3.63. The Kier molecular flexibility index (Phi) is 7.81. The molecule has 6 nitrogen and oxygen atoms in total. The van der Waals surface area contributed by atoms with Crippen LogP contribution in [0.25, 0.3) is 0 Å². The molecule has 0 aliphatic heterocycles. The molecule has 7 heteroatoms. The number of hydrogen-bond acceptors (Lipinski definition) is 6. The normalized spacial score (nSPS) is 13.0. The fourth-order valence-electron chi connectivity index (χ4n) is 2.87. The van der Waals surface area contributed by atoms with Crippen molar-refractivity contribution in [1.82, 2.24) is 5.32 Å². The number of carbonyl (C=O) groups excluding carboxylic acids is 1. The average Bonchev–Trinajstić information content (AvgIpc) is 2.59. The maximum atomic E-state index is 12.4. The zero-order valence-corrected chi connectivity index (χ0v) is 18.2. The van der Waals surface area contributed by atoms with E-state index in [2.05, 4.69) is 5.32 Å². The molecule has 0 heterocycles. The minimum absolute atomic E-state index is 0.168. The Hall–Kier alpha value is -2.38. The Morgan fingerprint density at radius 1 is 1.07 bits per heavy atom. The predicted molar refractivity (Wildman–Crippen MR) is 113 cm³/mol. The lowest BCUT2D eigenvalue weighted by molar-refractivity contribution is -0.155. The Balaban J connectivity index is 2.14. The molecule has 0 spiro atoms. The summed E-state index contributed by atoms with van der Waals surface area (Å²) in [5.41, 5.74) is 1.37. The number of hydrogen-bond donors (Lipinski definition) is 1. The van der Waals surface area contributed by atoms with E-state index in [1.54, 1.807) is 18.2 Å². The van der Waals surface area contributed by atoms with Crippen LogP contribution in [0.1, 0.15) is 44.2 Å². The third-order valence-corrected chi connectivity index (χ3v) is 4.47. The number of benzene rings is 2. The van der Waals surface area contributed by atoms with Crippen molar-refractivity contribution in [2.24, 2.45) is 0 Å². The van der Waals surface area contributed by atoms with Crippen LogP contribution in [0.3, 0.4) is 0 Å². The van der Waals surface area contributed by atoms with E-state index in [1.807, 2.05) is 57.2 Å². The van der Waals surface area contributed by atoms with E-state index in [-0.39, 0.29) is 24.1 Å². The molecule has 0 amide bonds. The average molecular weight is 420 g/mol. The SMILES string of the molecule is CC(C)(C)OC(=O)CC(CNCc1ccccc1)c1cccc(OS(C)(=O)=O)c1. The lowest BCUT2D eigenvalue weighted by Crippen LogP contribution is -2.28. The molecule has 0 saturated heterocycles. The van der Waals surface area contributed by atoms with E-state index in [0.717, 1.165) is 17.4 Å². The van der Waals surface area contributed by atoms with Crippen LogP contribution in [0, 0.1) is 0 Å². The standard InChI is InChI=1S/C22H29NO5S/c1-22(2,3)27-21(24)14-19(16-23-15-17-9-6-5-7-10-17)18-11-8-12-20(13-18)28-29(4,25)26/h5-13,19,23H,14-16H2,1-4H3. The highest BCUT2D eigenvalue weighted by molar-refractivity contribution is 7.86. The summed E-state index contributed by atoms with van der Waals surface area (Å²) in [5, 5.41) is 3.37. The summed E-state index contributed by atoms with van der Waals surface area (Å²) in [4.78, 5) is 12.4. The molecule has 1 unspecified atom stereocenters. The van der Waals surface area contributed by atoms with Crippen LogP contribution >= 0.6 is 0 Å². The molecular formula is C22H29NO5S. The van der Waals surface area contributed by atoms with E-state index < -0.39 is 15.7 Å². The molecule has 0 radical (unpaired) electrons. The van der Waals surface area contributed by atoms with E-state index in [0.29, 0.717) is 13.1 Å². The Bertz CT molecular complexity index is 904. The summed E-state index contributed by atoms with van der Waals surface area (Å²) in [5.74, 6) is -0.280. The van der Waals surface area contributed by atoms with Gasteiger partial charge in [0, 0.05) is 19.0 Å². The second kappa shape index (κ2) is 9.89. The Morgan fingerprint density at radius 2 is 1.76 bits per heavy atom. The Morgan fingerprint density at radius 3 is 2.38 bits per heavy atom. The van der Waals surface area contributed by atoms with E-state index in [4.69, 9.17) is 8.92 Å². The lowest BCUT2D eigenvalue weighted by atomic mass is 9.95. The van der Waals surface area contributed by atoms with Crippen molar-refractivity contribution in [3.05, 3.63) is 65.7 Å². The zero-order valence-electron chi connectivity index (χ0n) is 17.3. The molecule has 0 aliphatic rings. The topological polar surface area (TPSA) is 81.7 Å². The van der Waals surface area contributed by atoms with E-state index >= 15 is 0 Å². The fraction of sp³-hybridized carbons (Fsp3) is 0.409. The van der Waals surface area contributed by atoms with Gasteiger partial charge in [0.15, 0.2) is 0 Å². The number of esters is 1. The first kappa shape index (κ1) is 22.9. The molecular weight excluding hydrogens is 390 g/mol. The van der Waals surface area contributed by atoms with Crippen LogP contribution in [0.4, 0.5) is 0 Å². The first-order valence-corrected chi connectivity index (χ1v) is 11.3. The molecule has 1 atom stereocenters. The van der Waals surface area contributed by atoms with Crippen LogP contribution in [0.2, 0.25) is 0 Å². The molecule has 0 aliphatic carbocycles. The number of rotatable bonds is 9. The maximum Gasteiger partial charge on any atom is 0.306 e. The van der Waals surface area contributed by atoms with Gasteiger partial charge in [-0.15, -0.1) is 0 Å². The number of carbonyl (C=O) groups is 1. The zero-order chi connectivity index (χ0) is 21.5. The number of ether oxygens (including phenoxy) is 1.